The molecule has 1 aromatic heterocycles. The third-order valence-electron chi connectivity index (χ3n) is 4.27. The Bertz CT molecular complexity index is 918. The molecule has 28 heavy (non-hydrogen) atoms. The average molecular weight is 379 g/mol. The van der Waals surface area contributed by atoms with E-state index in [1.165, 1.54) is 5.56 Å². The van der Waals surface area contributed by atoms with E-state index in [2.05, 4.69) is 44.2 Å². The first-order valence-corrected chi connectivity index (χ1v) is 9.13. The highest BCUT2D eigenvalue weighted by Gasteiger charge is 2.13. The highest BCUT2D eigenvalue weighted by Crippen LogP contribution is 2.31. The van der Waals surface area contributed by atoms with Crippen molar-refractivity contribution >= 4 is 17.6 Å². The van der Waals surface area contributed by atoms with Crippen molar-refractivity contribution in [1.29, 1.82) is 0 Å². The third kappa shape index (κ3) is 4.68. The maximum absolute atomic E-state index is 5.44. The zero-order chi connectivity index (χ0) is 19.9. The smallest absolute Gasteiger partial charge is 0.232 e. The zero-order valence-electron chi connectivity index (χ0n) is 16.6. The van der Waals surface area contributed by atoms with Crippen LogP contribution in [0.4, 0.5) is 17.6 Å². The number of aromatic nitrogens is 3. The minimum Gasteiger partial charge on any atom is -0.497 e. The van der Waals surface area contributed by atoms with Gasteiger partial charge in [0.05, 0.1) is 19.9 Å². The number of anilines is 3. The highest BCUT2D eigenvalue weighted by atomic mass is 16.5. The van der Waals surface area contributed by atoms with Crippen LogP contribution in [-0.4, -0.2) is 35.7 Å². The molecule has 0 atom stereocenters. The Morgan fingerprint density at radius 3 is 2.43 bits per heavy atom. The van der Waals surface area contributed by atoms with Gasteiger partial charge in [-0.3, -0.25) is 0 Å². The van der Waals surface area contributed by atoms with Crippen molar-refractivity contribution in [1.82, 2.24) is 15.0 Å². The number of aryl methyl sites for hydroxylation is 1. The lowest BCUT2D eigenvalue weighted by Crippen LogP contribution is -2.25. The van der Waals surface area contributed by atoms with E-state index in [9.17, 15) is 0 Å². The summed E-state index contributed by atoms with van der Waals surface area (Å²) in [5, 5.41) is 3.23. The maximum Gasteiger partial charge on any atom is 0.232 e. The van der Waals surface area contributed by atoms with E-state index >= 15 is 0 Å². The predicted octanol–water partition coefficient (Wildman–Crippen LogP) is 3.97. The van der Waals surface area contributed by atoms with Crippen LogP contribution in [0.15, 0.2) is 48.5 Å². The normalized spacial score (nSPS) is 10.4. The molecule has 0 unspecified atom stereocenters. The van der Waals surface area contributed by atoms with Gasteiger partial charge in [-0.05, 0) is 31.5 Å². The molecule has 7 nitrogen and oxygen atoms in total. The maximum atomic E-state index is 5.44. The van der Waals surface area contributed by atoms with Crippen molar-refractivity contribution in [3.63, 3.8) is 0 Å². The van der Waals surface area contributed by atoms with Crippen molar-refractivity contribution in [3.05, 3.63) is 59.9 Å². The van der Waals surface area contributed by atoms with E-state index < -0.39 is 0 Å². The number of benzene rings is 2. The molecule has 0 radical (unpaired) electrons. The van der Waals surface area contributed by atoms with Crippen LogP contribution in [0, 0.1) is 6.92 Å². The van der Waals surface area contributed by atoms with Crippen molar-refractivity contribution in [2.45, 2.75) is 20.4 Å². The first-order chi connectivity index (χ1) is 13.6. The summed E-state index contributed by atoms with van der Waals surface area (Å²) in [6.07, 6.45) is 0. The van der Waals surface area contributed by atoms with Crippen molar-refractivity contribution in [2.75, 3.05) is 31.0 Å². The van der Waals surface area contributed by atoms with Gasteiger partial charge >= 0.3 is 0 Å². The molecule has 0 fully saturated rings. The molecule has 1 N–H and O–H groups in total. The van der Waals surface area contributed by atoms with E-state index in [0.29, 0.717) is 23.5 Å². The van der Waals surface area contributed by atoms with E-state index in [0.717, 1.165) is 24.5 Å². The first kappa shape index (κ1) is 19.4. The second-order valence-corrected chi connectivity index (χ2v) is 6.20. The van der Waals surface area contributed by atoms with Gasteiger partial charge in [-0.25, -0.2) is 0 Å². The van der Waals surface area contributed by atoms with Gasteiger partial charge in [-0.15, -0.1) is 0 Å². The minimum atomic E-state index is 0.470. The quantitative estimate of drug-likeness (QED) is 0.635. The van der Waals surface area contributed by atoms with Crippen molar-refractivity contribution in [2.24, 2.45) is 0 Å². The molecular formula is C21H25N5O2. The van der Waals surface area contributed by atoms with Crippen LogP contribution in [-0.2, 0) is 6.54 Å². The predicted molar refractivity (Wildman–Crippen MR) is 111 cm³/mol. The number of hydrogen-bond donors (Lipinski definition) is 1. The van der Waals surface area contributed by atoms with Crippen LogP contribution in [0.2, 0.25) is 0 Å². The summed E-state index contributed by atoms with van der Waals surface area (Å²) in [7, 11) is 3.23. The van der Waals surface area contributed by atoms with E-state index in [1.807, 2.05) is 43.3 Å². The van der Waals surface area contributed by atoms with E-state index in [-0.39, 0.29) is 0 Å². The molecule has 0 spiro atoms. The van der Waals surface area contributed by atoms with Crippen LogP contribution >= 0.6 is 0 Å². The summed E-state index contributed by atoms with van der Waals surface area (Å²) in [6.45, 7) is 5.45. The molecule has 0 aliphatic heterocycles. The van der Waals surface area contributed by atoms with Gasteiger partial charge in [0.25, 0.3) is 0 Å². The molecule has 0 aliphatic rings. The van der Waals surface area contributed by atoms with Gasteiger partial charge in [-0.1, -0.05) is 30.3 Å². The number of nitrogens with zero attached hydrogens (tertiary/aromatic N) is 4. The number of hydrogen-bond acceptors (Lipinski definition) is 7. The highest BCUT2D eigenvalue weighted by molar-refractivity contribution is 5.64. The Labute approximate surface area is 165 Å². The molecule has 2 aromatic carbocycles. The van der Waals surface area contributed by atoms with Crippen LogP contribution < -0.4 is 19.7 Å². The molecule has 7 heteroatoms. The lowest BCUT2D eigenvalue weighted by atomic mass is 10.2. The topological polar surface area (TPSA) is 72.4 Å². The molecule has 0 saturated heterocycles. The van der Waals surface area contributed by atoms with Crippen LogP contribution in [0.25, 0.3) is 0 Å². The molecule has 0 saturated carbocycles. The molecule has 3 aromatic rings. The van der Waals surface area contributed by atoms with Crippen molar-refractivity contribution < 1.29 is 9.47 Å². The first-order valence-electron chi connectivity index (χ1n) is 9.13. The number of ether oxygens (including phenoxy) is 2. The summed E-state index contributed by atoms with van der Waals surface area (Å²) in [4.78, 5) is 15.7. The fourth-order valence-electron chi connectivity index (χ4n) is 2.82. The summed E-state index contributed by atoms with van der Waals surface area (Å²) in [5.41, 5.74) is 1.96. The SMILES string of the molecule is CCN(Cc1ccccc1)c1nc(C)nc(Nc2ccc(OC)cc2OC)n1. The van der Waals surface area contributed by atoms with Crippen molar-refractivity contribution in [3.8, 4) is 11.5 Å². The molecule has 146 valence electrons. The fraction of sp³-hybridized carbons (Fsp3) is 0.286. The lowest BCUT2D eigenvalue weighted by Gasteiger charge is -2.21. The average Bonchev–Trinajstić information content (AvgIpc) is 2.72. The molecule has 0 amide bonds. The van der Waals surface area contributed by atoms with Gasteiger partial charge in [-0.2, -0.15) is 15.0 Å². The number of rotatable bonds is 8. The van der Waals surface area contributed by atoms with Crippen LogP contribution in [0.1, 0.15) is 18.3 Å². The minimum absolute atomic E-state index is 0.470. The Hall–Kier alpha value is -3.35. The number of nitrogens with one attached hydrogen (secondary N) is 1. The lowest BCUT2D eigenvalue weighted by molar-refractivity contribution is 0.395. The van der Waals surface area contributed by atoms with Gasteiger partial charge < -0.3 is 19.7 Å². The largest absolute Gasteiger partial charge is 0.497 e. The summed E-state index contributed by atoms with van der Waals surface area (Å²) < 4.78 is 10.7. The molecular weight excluding hydrogens is 354 g/mol. The second-order valence-electron chi connectivity index (χ2n) is 6.20. The molecule has 1 heterocycles. The Balaban J connectivity index is 1.87. The van der Waals surface area contributed by atoms with Gasteiger partial charge in [0.1, 0.15) is 17.3 Å². The Morgan fingerprint density at radius 2 is 1.75 bits per heavy atom. The molecule has 0 aliphatic carbocycles. The van der Waals surface area contributed by atoms with Gasteiger partial charge in [0.2, 0.25) is 11.9 Å². The monoisotopic (exact) mass is 379 g/mol. The van der Waals surface area contributed by atoms with Crippen LogP contribution in [0.5, 0.6) is 11.5 Å². The standard InChI is InChI=1S/C21H25N5O2/c1-5-26(14-16-9-7-6-8-10-16)21-23-15(2)22-20(25-21)24-18-12-11-17(27-3)13-19(18)28-4/h6-13H,5,14H2,1-4H3,(H,22,23,24,25). The molecule has 3 rings (SSSR count). The Morgan fingerprint density at radius 1 is 0.964 bits per heavy atom. The third-order valence-corrected chi connectivity index (χ3v) is 4.27. The Kier molecular flexibility index (Phi) is 6.26. The van der Waals surface area contributed by atoms with E-state index in [4.69, 9.17) is 9.47 Å². The summed E-state index contributed by atoms with van der Waals surface area (Å²) in [5.74, 6) is 3.11. The van der Waals surface area contributed by atoms with Gasteiger partial charge in [0.15, 0.2) is 0 Å². The zero-order valence-corrected chi connectivity index (χ0v) is 16.6. The second kappa shape index (κ2) is 9.03. The molecule has 0 bridgehead atoms. The van der Waals surface area contributed by atoms with E-state index in [1.54, 1.807) is 14.2 Å². The van der Waals surface area contributed by atoms with Gasteiger partial charge in [0, 0.05) is 19.2 Å². The summed E-state index contributed by atoms with van der Waals surface area (Å²) in [6, 6.07) is 15.8. The number of methoxy groups -OCH3 is 2. The fourth-order valence-corrected chi connectivity index (χ4v) is 2.82. The summed E-state index contributed by atoms with van der Waals surface area (Å²) >= 11 is 0. The van der Waals surface area contributed by atoms with Crippen LogP contribution in [0.3, 0.4) is 0 Å².